The molecule has 0 radical (unpaired) electrons. The van der Waals surface area contributed by atoms with Gasteiger partial charge in [-0.05, 0) is 23.5 Å². The lowest BCUT2D eigenvalue weighted by atomic mass is 9.76. The summed E-state index contributed by atoms with van der Waals surface area (Å²) in [6, 6.07) is 2.05. The molecule has 1 aromatic rings. The van der Waals surface area contributed by atoms with Crippen molar-refractivity contribution in [3.63, 3.8) is 0 Å². The summed E-state index contributed by atoms with van der Waals surface area (Å²) in [5.41, 5.74) is 0.0244. The van der Waals surface area contributed by atoms with Gasteiger partial charge in [-0.1, -0.05) is 13.0 Å². The summed E-state index contributed by atoms with van der Waals surface area (Å²) in [5.74, 6) is -1.98. The van der Waals surface area contributed by atoms with E-state index in [4.69, 9.17) is 10.0 Å². The molecule has 0 aliphatic carbocycles. The zero-order valence-corrected chi connectivity index (χ0v) is 7.09. The minimum Gasteiger partial charge on any atom is -0.423 e. The summed E-state index contributed by atoms with van der Waals surface area (Å²) < 4.78 is 25.7. The van der Waals surface area contributed by atoms with Crippen LogP contribution in [0, 0.1) is 11.6 Å². The Bertz CT molecular complexity index is 315. The highest BCUT2D eigenvalue weighted by Gasteiger charge is 2.19. The average Bonchev–Trinajstić information content (AvgIpc) is 2.09. The molecule has 0 aromatic heterocycles. The smallest absolute Gasteiger partial charge is 0.423 e. The molecule has 0 unspecified atom stereocenters. The normalized spacial score (nSPS) is 10.2. The van der Waals surface area contributed by atoms with Crippen LogP contribution < -0.4 is 5.46 Å². The Kier molecular flexibility index (Phi) is 3.00. The first-order chi connectivity index (χ1) is 6.07. The number of hydrogen-bond acceptors (Lipinski definition) is 2. The van der Waals surface area contributed by atoms with Crippen LogP contribution in [-0.2, 0) is 6.42 Å². The summed E-state index contributed by atoms with van der Waals surface area (Å²) in [4.78, 5) is 0. The number of hydrogen-bond donors (Lipinski definition) is 2. The highest BCUT2D eigenvalue weighted by Crippen LogP contribution is 2.10. The third-order valence-corrected chi connectivity index (χ3v) is 1.86. The molecule has 5 heteroatoms. The van der Waals surface area contributed by atoms with E-state index in [0.717, 1.165) is 6.07 Å². The van der Waals surface area contributed by atoms with E-state index in [2.05, 4.69) is 0 Å². The Morgan fingerprint density at radius 2 is 1.92 bits per heavy atom. The number of halogens is 2. The second kappa shape index (κ2) is 3.85. The van der Waals surface area contributed by atoms with Crippen molar-refractivity contribution in [2.75, 3.05) is 0 Å². The van der Waals surface area contributed by atoms with E-state index in [1.54, 1.807) is 6.92 Å². The van der Waals surface area contributed by atoms with Gasteiger partial charge in [0.15, 0.2) is 11.6 Å². The zero-order valence-electron chi connectivity index (χ0n) is 7.09. The molecule has 0 bridgehead atoms. The lowest BCUT2D eigenvalue weighted by Crippen LogP contribution is -2.34. The second-order valence-electron chi connectivity index (χ2n) is 2.66. The molecule has 0 saturated heterocycles. The Morgan fingerprint density at radius 3 is 2.38 bits per heavy atom. The maximum absolute atomic E-state index is 13.0. The molecule has 0 fully saturated rings. The molecule has 0 atom stereocenters. The molecule has 1 aromatic carbocycles. The average molecular weight is 186 g/mol. The van der Waals surface area contributed by atoms with Gasteiger partial charge in [0.1, 0.15) is 0 Å². The van der Waals surface area contributed by atoms with Gasteiger partial charge in [-0.25, -0.2) is 8.78 Å². The molecular formula is C8H9BF2O2. The lowest BCUT2D eigenvalue weighted by Gasteiger charge is -2.07. The number of benzene rings is 1. The van der Waals surface area contributed by atoms with Crippen molar-refractivity contribution in [3.05, 3.63) is 29.3 Å². The molecule has 2 N–H and O–H groups in total. The van der Waals surface area contributed by atoms with Gasteiger partial charge in [-0.15, -0.1) is 0 Å². The molecular weight excluding hydrogens is 177 g/mol. The predicted molar refractivity (Wildman–Crippen MR) is 45.6 cm³/mol. The maximum atomic E-state index is 13.0. The van der Waals surface area contributed by atoms with Crippen molar-refractivity contribution >= 4 is 12.6 Å². The summed E-state index contributed by atoms with van der Waals surface area (Å²) in [6.07, 6.45) is 0.219. The van der Waals surface area contributed by atoms with E-state index in [9.17, 15) is 8.78 Å². The van der Waals surface area contributed by atoms with Crippen molar-refractivity contribution in [1.29, 1.82) is 0 Å². The van der Waals surface area contributed by atoms with Gasteiger partial charge < -0.3 is 10.0 Å². The Hall–Kier alpha value is -0.935. The summed E-state index contributed by atoms with van der Waals surface area (Å²) >= 11 is 0. The van der Waals surface area contributed by atoms with Crippen LogP contribution in [0.5, 0.6) is 0 Å². The Morgan fingerprint density at radius 1 is 1.31 bits per heavy atom. The molecule has 13 heavy (non-hydrogen) atoms. The highest BCUT2D eigenvalue weighted by atomic mass is 19.2. The van der Waals surface area contributed by atoms with Crippen LogP contribution in [0.4, 0.5) is 8.78 Å². The number of rotatable bonds is 2. The van der Waals surface area contributed by atoms with E-state index in [0.29, 0.717) is 0 Å². The van der Waals surface area contributed by atoms with Gasteiger partial charge in [0, 0.05) is 0 Å². The molecule has 2 nitrogen and oxygen atoms in total. The largest absolute Gasteiger partial charge is 0.488 e. The van der Waals surface area contributed by atoms with Gasteiger partial charge in [-0.2, -0.15) is 0 Å². The van der Waals surface area contributed by atoms with Crippen molar-refractivity contribution in [1.82, 2.24) is 0 Å². The summed E-state index contributed by atoms with van der Waals surface area (Å²) in [7, 11) is -1.76. The molecule has 0 aliphatic rings. The molecule has 0 aliphatic heterocycles. The van der Waals surface area contributed by atoms with Gasteiger partial charge >= 0.3 is 7.12 Å². The highest BCUT2D eigenvalue weighted by molar-refractivity contribution is 6.59. The Balaban J connectivity index is 3.30. The van der Waals surface area contributed by atoms with E-state index >= 15 is 0 Å². The fourth-order valence-electron chi connectivity index (χ4n) is 1.21. The van der Waals surface area contributed by atoms with Gasteiger partial charge in [0.25, 0.3) is 0 Å². The van der Waals surface area contributed by atoms with E-state index < -0.39 is 18.8 Å². The van der Waals surface area contributed by atoms with Gasteiger partial charge in [-0.3, -0.25) is 0 Å². The van der Waals surface area contributed by atoms with Gasteiger partial charge in [0.2, 0.25) is 0 Å². The Labute approximate surface area is 75.0 Å². The van der Waals surface area contributed by atoms with Crippen LogP contribution in [-0.4, -0.2) is 17.2 Å². The predicted octanol–water partition coefficient (Wildman–Crippen LogP) is 0.207. The summed E-state index contributed by atoms with van der Waals surface area (Å²) in [5, 5.41) is 17.6. The SMILES string of the molecule is CCc1c(B(O)O)ccc(F)c1F. The van der Waals surface area contributed by atoms with Gasteiger partial charge in [0.05, 0.1) is 0 Å². The van der Waals surface area contributed by atoms with Crippen molar-refractivity contribution in [2.24, 2.45) is 0 Å². The fourth-order valence-corrected chi connectivity index (χ4v) is 1.21. The van der Waals surface area contributed by atoms with E-state index in [-0.39, 0.29) is 17.4 Å². The van der Waals surface area contributed by atoms with Crippen molar-refractivity contribution in [3.8, 4) is 0 Å². The fraction of sp³-hybridized carbons (Fsp3) is 0.250. The molecule has 1 rings (SSSR count). The zero-order chi connectivity index (χ0) is 10.0. The molecule has 0 amide bonds. The van der Waals surface area contributed by atoms with Crippen LogP contribution >= 0.6 is 0 Å². The first-order valence-electron chi connectivity index (χ1n) is 3.90. The molecule has 0 heterocycles. The van der Waals surface area contributed by atoms with E-state index in [1.165, 1.54) is 6.07 Å². The summed E-state index contributed by atoms with van der Waals surface area (Å²) in [6.45, 7) is 1.61. The standard InChI is InChI=1S/C8H9BF2O2/c1-2-5-6(9(12)13)3-4-7(10)8(5)11/h3-4,12-13H,2H2,1H3. The van der Waals surface area contributed by atoms with E-state index in [1.807, 2.05) is 0 Å². The second-order valence-corrected chi connectivity index (χ2v) is 2.66. The first kappa shape index (κ1) is 10.1. The third kappa shape index (κ3) is 1.87. The van der Waals surface area contributed by atoms with Crippen LogP contribution in [0.15, 0.2) is 12.1 Å². The monoisotopic (exact) mass is 186 g/mol. The minimum absolute atomic E-state index is 0.00926. The molecule has 0 spiro atoms. The molecule has 0 saturated carbocycles. The lowest BCUT2D eigenvalue weighted by molar-refractivity contribution is 0.424. The third-order valence-electron chi connectivity index (χ3n) is 1.86. The van der Waals surface area contributed by atoms with Crippen molar-refractivity contribution < 1.29 is 18.8 Å². The van der Waals surface area contributed by atoms with Crippen LogP contribution in [0.1, 0.15) is 12.5 Å². The topological polar surface area (TPSA) is 40.5 Å². The van der Waals surface area contributed by atoms with Crippen LogP contribution in [0.3, 0.4) is 0 Å². The minimum atomic E-state index is -1.76. The maximum Gasteiger partial charge on any atom is 0.488 e. The van der Waals surface area contributed by atoms with Crippen molar-refractivity contribution in [2.45, 2.75) is 13.3 Å². The first-order valence-corrected chi connectivity index (χ1v) is 3.90. The quantitative estimate of drug-likeness (QED) is 0.648. The van der Waals surface area contributed by atoms with Crippen LogP contribution in [0.2, 0.25) is 0 Å². The van der Waals surface area contributed by atoms with Crippen LogP contribution in [0.25, 0.3) is 0 Å². The molecule has 70 valence electrons.